The van der Waals surface area contributed by atoms with Gasteiger partial charge in [0.05, 0.1) is 10.6 Å². The lowest BCUT2D eigenvalue weighted by molar-refractivity contribution is -0.140. The molecule has 0 saturated heterocycles. The molecule has 2 unspecified atom stereocenters. The van der Waals surface area contributed by atoms with Crippen LogP contribution >= 0.6 is 0 Å². The maximum atomic E-state index is 14.0. The molecule has 0 aliphatic rings. The molecule has 208 valence electrons. The van der Waals surface area contributed by atoms with Crippen molar-refractivity contribution in [3.8, 4) is 0 Å². The topological polar surface area (TPSA) is 86.8 Å². The molecular formula is C30H36FN3O4S. The molecule has 0 radical (unpaired) electrons. The maximum Gasteiger partial charge on any atom is 0.264 e. The second-order valence-electron chi connectivity index (χ2n) is 9.49. The van der Waals surface area contributed by atoms with Gasteiger partial charge >= 0.3 is 0 Å². The minimum atomic E-state index is -4.24. The molecule has 0 aliphatic heterocycles. The van der Waals surface area contributed by atoms with Crippen molar-refractivity contribution in [2.45, 2.75) is 64.1 Å². The molecule has 0 aliphatic carbocycles. The molecule has 1 N–H and O–H groups in total. The van der Waals surface area contributed by atoms with Crippen LogP contribution in [0, 0.1) is 12.7 Å². The highest BCUT2D eigenvalue weighted by atomic mass is 32.2. The quantitative estimate of drug-likeness (QED) is 0.340. The third kappa shape index (κ3) is 7.44. The second kappa shape index (κ2) is 13.4. The summed E-state index contributed by atoms with van der Waals surface area (Å²) in [6.45, 7) is 7.20. The van der Waals surface area contributed by atoms with E-state index in [1.54, 1.807) is 30.3 Å². The number of nitrogens with zero attached hydrogens (tertiary/aromatic N) is 2. The summed E-state index contributed by atoms with van der Waals surface area (Å²) in [6, 6.07) is 19.4. The SMILES string of the molecule is CCC(C)NC(=O)C(CC)N(Cc1ccccc1C)C(=O)CN(c1ccccc1)S(=O)(=O)c1ccc(F)cc1. The van der Waals surface area contributed by atoms with E-state index in [-0.39, 0.29) is 29.1 Å². The number of sulfonamides is 1. The molecule has 0 heterocycles. The molecule has 0 saturated carbocycles. The highest BCUT2D eigenvalue weighted by Crippen LogP contribution is 2.25. The summed E-state index contributed by atoms with van der Waals surface area (Å²) >= 11 is 0. The molecule has 39 heavy (non-hydrogen) atoms. The fourth-order valence-electron chi connectivity index (χ4n) is 4.19. The zero-order valence-electron chi connectivity index (χ0n) is 22.8. The van der Waals surface area contributed by atoms with Crippen molar-refractivity contribution in [3.63, 3.8) is 0 Å². The lowest BCUT2D eigenvalue weighted by atomic mass is 10.1. The number of aryl methyl sites for hydroxylation is 1. The Labute approximate surface area is 230 Å². The molecule has 3 rings (SSSR count). The summed E-state index contributed by atoms with van der Waals surface area (Å²) in [6.07, 6.45) is 1.07. The lowest BCUT2D eigenvalue weighted by Crippen LogP contribution is -2.53. The first kappa shape index (κ1) is 29.8. The number of benzene rings is 3. The molecule has 9 heteroatoms. The van der Waals surface area contributed by atoms with Gasteiger partial charge in [0, 0.05) is 12.6 Å². The number of carbonyl (C=O) groups is 2. The van der Waals surface area contributed by atoms with Gasteiger partial charge in [-0.15, -0.1) is 0 Å². The minimum absolute atomic E-state index is 0.0818. The van der Waals surface area contributed by atoms with Crippen LogP contribution in [0.1, 0.15) is 44.7 Å². The highest BCUT2D eigenvalue weighted by molar-refractivity contribution is 7.92. The number of nitrogens with one attached hydrogen (secondary N) is 1. The number of hydrogen-bond donors (Lipinski definition) is 1. The maximum absolute atomic E-state index is 14.0. The van der Waals surface area contributed by atoms with E-state index in [4.69, 9.17) is 0 Å². The van der Waals surface area contributed by atoms with Crippen LogP contribution in [0.5, 0.6) is 0 Å². The second-order valence-corrected chi connectivity index (χ2v) is 11.4. The standard InChI is InChI=1S/C30H36FN3O4S/c1-5-23(4)32-30(36)28(6-2)33(20-24-13-11-10-12-22(24)3)29(35)21-34(26-14-8-7-9-15-26)39(37,38)27-18-16-25(31)17-19-27/h7-19,23,28H,5-6,20-21H2,1-4H3,(H,32,36). The predicted octanol–water partition coefficient (Wildman–Crippen LogP) is 5.05. The number of carbonyl (C=O) groups excluding carboxylic acids is 2. The summed E-state index contributed by atoms with van der Waals surface area (Å²) in [5.74, 6) is -1.39. The Balaban J connectivity index is 2.04. The van der Waals surface area contributed by atoms with E-state index in [0.29, 0.717) is 6.42 Å². The highest BCUT2D eigenvalue weighted by Gasteiger charge is 2.34. The van der Waals surface area contributed by atoms with Crippen molar-refractivity contribution in [2.75, 3.05) is 10.8 Å². The van der Waals surface area contributed by atoms with Crippen LogP contribution in [0.3, 0.4) is 0 Å². The fraction of sp³-hybridized carbons (Fsp3) is 0.333. The van der Waals surface area contributed by atoms with E-state index < -0.39 is 34.3 Å². The van der Waals surface area contributed by atoms with E-state index in [0.717, 1.165) is 34.0 Å². The number of rotatable bonds is 12. The molecule has 2 amide bonds. The first-order valence-electron chi connectivity index (χ1n) is 13.1. The zero-order chi connectivity index (χ0) is 28.6. The third-order valence-electron chi connectivity index (χ3n) is 6.71. The van der Waals surface area contributed by atoms with Gasteiger partial charge in [-0.2, -0.15) is 0 Å². The van der Waals surface area contributed by atoms with Crippen molar-refractivity contribution in [1.82, 2.24) is 10.2 Å². The Bertz CT molecular complexity index is 1360. The van der Waals surface area contributed by atoms with Gasteiger partial charge in [0.2, 0.25) is 11.8 Å². The summed E-state index contributed by atoms with van der Waals surface area (Å²) < 4.78 is 42.0. The van der Waals surface area contributed by atoms with E-state index in [9.17, 15) is 22.4 Å². The van der Waals surface area contributed by atoms with Crippen LogP contribution in [0.15, 0.2) is 83.8 Å². The van der Waals surface area contributed by atoms with Crippen LogP contribution in [-0.4, -0.2) is 43.8 Å². The largest absolute Gasteiger partial charge is 0.352 e. The average Bonchev–Trinajstić information content (AvgIpc) is 2.93. The molecule has 3 aromatic rings. The van der Waals surface area contributed by atoms with Gasteiger partial charge in [-0.3, -0.25) is 13.9 Å². The van der Waals surface area contributed by atoms with Crippen LogP contribution in [0.4, 0.5) is 10.1 Å². The Kier molecular flexibility index (Phi) is 10.2. The molecule has 3 aromatic carbocycles. The number of amides is 2. The molecular weight excluding hydrogens is 517 g/mol. The molecule has 7 nitrogen and oxygen atoms in total. The summed E-state index contributed by atoms with van der Waals surface area (Å²) in [4.78, 5) is 28.6. The zero-order valence-corrected chi connectivity index (χ0v) is 23.6. The van der Waals surface area contributed by atoms with Crippen molar-refractivity contribution in [3.05, 3.63) is 95.8 Å². The Hall–Kier alpha value is -3.72. The normalized spacial score (nSPS) is 12.8. The summed E-state index contributed by atoms with van der Waals surface area (Å²) in [5.41, 5.74) is 2.09. The van der Waals surface area contributed by atoms with Crippen LogP contribution in [0.25, 0.3) is 0 Å². The molecule has 0 bridgehead atoms. The lowest BCUT2D eigenvalue weighted by Gasteiger charge is -2.34. The molecule has 2 atom stereocenters. The molecule has 0 fully saturated rings. The average molecular weight is 554 g/mol. The van der Waals surface area contributed by atoms with Gasteiger partial charge in [-0.1, -0.05) is 56.3 Å². The minimum Gasteiger partial charge on any atom is -0.352 e. The fourth-order valence-corrected chi connectivity index (χ4v) is 5.60. The van der Waals surface area contributed by atoms with Gasteiger partial charge in [0.15, 0.2) is 0 Å². The van der Waals surface area contributed by atoms with Gasteiger partial charge in [-0.25, -0.2) is 12.8 Å². The number of anilines is 1. The first-order valence-corrected chi connectivity index (χ1v) is 14.5. The first-order chi connectivity index (χ1) is 18.6. The van der Waals surface area contributed by atoms with Gasteiger partial charge < -0.3 is 10.2 Å². The third-order valence-corrected chi connectivity index (χ3v) is 8.50. The van der Waals surface area contributed by atoms with Crippen molar-refractivity contribution < 1.29 is 22.4 Å². The Morgan fingerprint density at radius 3 is 2.10 bits per heavy atom. The van der Waals surface area contributed by atoms with Gasteiger partial charge in [0.25, 0.3) is 10.0 Å². The van der Waals surface area contributed by atoms with E-state index in [1.807, 2.05) is 52.0 Å². The van der Waals surface area contributed by atoms with Crippen LogP contribution in [-0.2, 0) is 26.2 Å². The van der Waals surface area contributed by atoms with Crippen LogP contribution < -0.4 is 9.62 Å². The number of hydrogen-bond acceptors (Lipinski definition) is 4. The van der Waals surface area contributed by atoms with Gasteiger partial charge in [-0.05, 0) is 74.2 Å². The molecule has 0 aromatic heterocycles. The van der Waals surface area contributed by atoms with Crippen molar-refractivity contribution in [2.24, 2.45) is 0 Å². The van der Waals surface area contributed by atoms with Crippen LogP contribution in [0.2, 0.25) is 0 Å². The summed E-state index contributed by atoms with van der Waals surface area (Å²) in [5, 5.41) is 2.96. The Morgan fingerprint density at radius 2 is 1.51 bits per heavy atom. The Morgan fingerprint density at radius 1 is 0.897 bits per heavy atom. The van der Waals surface area contributed by atoms with E-state index in [2.05, 4.69) is 5.32 Å². The number of para-hydroxylation sites is 1. The van der Waals surface area contributed by atoms with E-state index >= 15 is 0 Å². The van der Waals surface area contributed by atoms with Gasteiger partial charge in [0.1, 0.15) is 18.4 Å². The predicted molar refractivity (Wildman–Crippen MR) is 151 cm³/mol. The summed E-state index contributed by atoms with van der Waals surface area (Å²) in [7, 11) is -4.24. The monoisotopic (exact) mass is 553 g/mol. The smallest absolute Gasteiger partial charge is 0.264 e. The van der Waals surface area contributed by atoms with Crippen molar-refractivity contribution >= 4 is 27.5 Å². The molecule has 0 spiro atoms. The van der Waals surface area contributed by atoms with E-state index in [1.165, 1.54) is 17.0 Å². The number of halogens is 1. The van der Waals surface area contributed by atoms with Crippen molar-refractivity contribution in [1.29, 1.82) is 0 Å².